The van der Waals surface area contributed by atoms with Crippen molar-refractivity contribution in [2.24, 2.45) is 5.73 Å². The molecule has 4 heteroatoms. The second-order valence-corrected chi connectivity index (χ2v) is 5.87. The number of phenolic OH excluding ortho intramolecular Hbond substituents is 1. The van der Waals surface area contributed by atoms with Crippen LogP contribution in [-0.4, -0.2) is 18.3 Å². The number of rotatable bonds is 4. The Morgan fingerprint density at radius 2 is 2.17 bits per heavy atom. The molecular formula is C14H20BrNO2. The van der Waals surface area contributed by atoms with Gasteiger partial charge in [0.15, 0.2) is 11.5 Å². The molecule has 0 saturated heterocycles. The minimum atomic E-state index is -0.0959. The van der Waals surface area contributed by atoms with E-state index in [-0.39, 0.29) is 17.2 Å². The van der Waals surface area contributed by atoms with Crippen LogP contribution in [0.5, 0.6) is 11.5 Å². The number of aryl methyl sites for hydroxylation is 1. The van der Waals surface area contributed by atoms with E-state index in [1.165, 1.54) is 0 Å². The van der Waals surface area contributed by atoms with Gasteiger partial charge in [0.1, 0.15) is 0 Å². The zero-order valence-electron chi connectivity index (χ0n) is 11.1. The van der Waals surface area contributed by atoms with Gasteiger partial charge in [0.2, 0.25) is 0 Å². The summed E-state index contributed by atoms with van der Waals surface area (Å²) >= 11 is 3.63. The average Bonchev–Trinajstić information content (AvgIpc) is 3.11. The molecule has 1 aromatic carbocycles. The third kappa shape index (κ3) is 1.91. The fraction of sp³-hybridized carbons (Fsp3) is 0.571. The molecule has 1 aliphatic carbocycles. The van der Waals surface area contributed by atoms with E-state index in [2.05, 4.69) is 22.9 Å². The Kier molecular flexibility index (Phi) is 3.60. The van der Waals surface area contributed by atoms with E-state index in [4.69, 9.17) is 10.5 Å². The molecule has 0 spiro atoms. The van der Waals surface area contributed by atoms with Crippen molar-refractivity contribution in [1.82, 2.24) is 0 Å². The molecule has 1 aromatic rings. The highest BCUT2D eigenvalue weighted by Gasteiger charge is 2.51. The lowest BCUT2D eigenvalue weighted by molar-refractivity contribution is 0.364. The first kappa shape index (κ1) is 13.7. The molecule has 0 amide bonds. The number of phenols is 1. The van der Waals surface area contributed by atoms with Crippen LogP contribution < -0.4 is 10.5 Å². The van der Waals surface area contributed by atoms with E-state index in [9.17, 15) is 5.11 Å². The standard InChI is InChI=1S/C14H20BrNO2/c1-4-9-7-10(18-3)13(17)11(12(9)15)14(5-6-14)8(2)16/h7-8,17H,4-6,16H2,1-3H3. The highest BCUT2D eigenvalue weighted by molar-refractivity contribution is 9.10. The summed E-state index contributed by atoms with van der Waals surface area (Å²) in [6.07, 6.45) is 2.93. The van der Waals surface area contributed by atoms with Gasteiger partial charge in [-0.05, 0) is 37.8 Å². The lowest BCUT2D eigenvalue weighted by Gasteiger charge is -2.25. The third-order valence-electron chi connectivity index (χ3n) is 4.04. The topological polar surface area (TPSA) is 55.5 Å². The Hall–Kier alpha value is -0.740. The van der Waals surface area contributed by atoms with Crippen LogP contribution in [0.4, 0.5) is 0 Å². The fourth-order valence-corrected chi connectivity index (χ4v) is 3.59. The second kappa shape index (κ2) is 4.74. The summed E-state index contributed by atoms with van der Waals surface area (Å²) < 4.78 is 6.26. The van der Waals surface area contributed by atoms with Crippen LogP contribution in [-0.2, 0) is 11.8 Å². The third-order valence-corrected chi connectivity index (χ3v) is 4.94. The molecule has 1 atom stereocenters. The highest BCUT2D eigenvalue weighted by Crippen LogP contribution is 2.57. The maximum Gasteiger partial charge on any atom is 0.162 e. The summed E-state index contributed by atoms with van der Waals surface area (Å²) in [6.45, 7) is 4.09. The number of methoxy groups -OCH3 is 1. The predicted octanol–water partition coefficient (Wildman–Crippen LogP) is 3.10. The van der Waals surface area contributed by atoms with Gasteiger partial charge in [0.05, 0.1) is 7.11 Å². The van der Waals surface area contributed by atoms with Crippen molar-refractivity contribution < 1.29 is 9.84 Å². The van der Waals surface area contributed by atoms with Gasteiger partial charge in [0.25, 0.3) is 0 Å². The average molecular weight is 314 g/mol. The molecule has 18 heavy (non-hydrogen) atoms. The molecule has 0 aromatic heterocycles. The van der Waals surface area contributed by atoms with Crippen LogP contribution >= 0.6 is 15.9 Å². The summed E-state index contributed by atoms with van der Waals surface area (Å²) in [5, 5.41) is 10.4. The predicted molar refractivity (Wildman–Crippen MR) is 76.3 cm³/mol. The summed E-state index contributed by atoms with van der Waals surface area (Å²) in [7, 11) is 1.58. The molecule has 1 saturated carbocycles. The molecular weight excluding hydrogens is 294 g/mol. The molecule has 0 aliphatic heterocycles. The van der Waals surface area contributed by atoms with Crippen molar-refractivity contribution in [1.29, 1.82) is 0 Å². The number of aromatic hydroxyl groups is 1. The van der Waals surface area contributed by atoms with Crippen molar-refractivity contribution in [3.05, 3.63) is 21.7 Å². The lowest BCUT2D eigenvalue weighted by atomic mass is 9.87. The normalized spacial score (nSPS) is 18.5. The van der Waals surface area contributed by atoms with E-state index in [1.54, 1.807) is 7.11 Å². The smallest absolute Gasteiger partial charge is 0.162 e. The molecule has 1 fully saturated rings. The molecule has 1 aliphatic rings. The molecule has 0 heterocycles. The minimum absolute atomic E-state index is 0.0245. The minimum Gasteiger partial charge on any atom is -0.504 e. The maximum atomic E-state index is 10.4. The van der Waals surface area contributed by atoms with E-state index in [1.807, 2.05) is 13.0 Å². The van der Waals surface area contributed by atoms with Gasteiger partial charge < -0.3 is 15.6 Å². The first-order valence-electron chi connectivity index (χ1n) is 6.32. The van der Waals surface area contributed by atoms with Crippen molar-refractivity contribution in [2.75, 3.05) is 7.11 Å². The largest absolute Gasteiger partial charge is 0.504 e. The number of benzene rings is 1. The number of ether oxygens (including phenoxy) is 1. The molecule has 0 radical (unpaired) electrons. The number of halogens is 1. The Balaban J connectivity index is 2.65. The van der Waals surface area contributed by atoms with Gasteiger partial charge in [-0.15, -0.1) is 0 Å². The maximum absolute atomic E-state index is 10.4. The van der Waals surface area contributed by atoms with Crippen molar-refractivity contribution >= 4 is 15.9 Å². The summed E-state index contributed by atoms with van der Waals surface area (Å²) in [5.74, 6) is 0.772. The van der Waals surface area contributed by atoms with Crippen LogP contribution in [0.3, 0.4) is 0 Å². The lowest BCUT2D eigenvalue weighted by Crippen LogP contribution is -2.32. The molecule has 1 unspecified atom stereocenters. The highest BCUT2D eigenvalue weighted by atomic mass is 79.9. The number of hydrogen-bond donors (Lipinski definition) is 2. The molecule has 3 N–H and O–H groups in total. The Morgan fingerprint density at radius 1 is 1.56 bits per heavy atom. The van der Waals surface area contributed by atoms with Crippen molar-refractivity contribution in [3.63, 3.8) is 0 Å². The zero-order chi connectivity index (χ0) is 13.5. The molecule has 2 rings (SSSR count). The van der Waals surface area contributed by atoms with E-state index >= 15 is 0 Å². The summed E-state index contributed by atoms with van der Waals surface area (Å²) in [4.78, 5) is 0. The Labute approximate surface area is 116 Å². The van der Waals surface area contributed by atoms with E-state index in [0.29, 0.717) is 5.75 Å². The summed E-state index contributed by atoms with van der Waals surface area (Å²) in [6, 6.07) is 1.91. The molecule has 3 nitrogen and oxygen atoms in total. The molecule has 100 valence electrons. The van der Waals surface area contributed by atoms with Crippen LogP contribution in [0.25, 0.3) is 0 Å². The second-order valence-electron chi connectivity index (χ2n) is 5.07. The van der Waals surface area contributed by atoms with Gasteiger partial charge in [0, 0.05) is 21.5 Å². The Morgan fingerprint density at radius 3 is 2.56 bits per heavy atom. The van der Waals surface area contributed by atoms with Gasteiger partial charge >= 0.3 is 0 Å². The van der Waals surface area contributed by atoms with Gasteiger partial charge in [-0.1, -0.05) is 22.9 Å². The summed E-state index contributed by atoms with van der Waals surface area (Å²) in [5.41, 5.74) is 8.09. The molecule has 0 bridgehead atoms. The van der Waals surface area contributed by atoms with Gasteiger partial charge in [-0.25, -0.2) is 0 Å². The Bertz CT molecular complexity index is 439. The van der Waals surface area contributed by atoms with Crippen molar-refractivity contribution in [2.45, 2.75) is 44.6 Å². The van der Waals surface area contributed by atoms with Crippen LogP contribution in [0.15, 0.2) is 10.5 Å². The zero-order valence-corrected chi connectivity index (χ0v) is 12.7. The first-order valence-corrected chi connectivity index (χ1v) is 7.11. The van der Waals surface area contributed by atoms with Crippen LogP contribution in [0.1, 0.15) is 37.8 Å². The monoisotopic (exact) mass is 313 g/mol. The quantitative estimate of drug-likeness (QED) is 0.898. The SMILES string of the molecule is CCc1cc(OC)c(O)c(C2(C(C)N)CC2)c1Br. The first-order chi connectivity index (χ1) is 8.47. The van der Waals surface area contributed by atoms with Crippen molar-refractivity contribution in [3.8, 4) is 11.5 Å². The van der Waals surface area contributed by atoms with Crippen LogP contribution in [0, 0.1) is 0 Å². The van der Waals surface area contributed by atoms with Crippen LogP contribution in [0.2, 0.25) is 0 Å². The number of hydrogen-bond acceptors (Lipinski definition) is 3. The fourth-order valence-electron chi connectivity index (χ4n) is 2.61. The van der Waals surface area contributed by atoms with Gasteiger partial charge in [-0.2, -0.15) is 0 Å². The van der Waals surface area contributed by atoms with E-state index < -0.39 is 0 Å². The number of nitrogens with two attached hydrogens (primary N) is 1. The van der Waals surface area contributed by atoms with E-state index in [0.717, 1.165) is 34.9 Å². The van der Waals surface area contributed by atoms with Gasteiger partial charge in [-0.3, -0.25) is 0 Å².